The maximum atomic E-state index is 11.7. The molecule has 0 fully saturated rings. The van der Waals surface area contributed by atoms with Crippen molar-refractivity contribution in [2.24, 2.45) is 5.73 Å². The largest absolute Gasteiger partial charge is 0.385 e. The molecular weight excluding hydrogens is 266 g/mol. The van der Waals surface area contributed by atoms with Crippen LogP contribution in [-0.2, 0) is 9.53 Å². The number of nitrogens with one attached hydrogen (secondary N) is 1. The number of anilines is 1. The number of nitrogens with two attached hydrogens (primary N) is 1. The van der Waals surface area contributed by atoms with E-state index in [0.29, 0.717) is 19.6 Å². The zero-order chi connectivity index (χ0) is 15.5. The number of amides is 1. The van der Waals surface area contributed by atoms with Crippen LogP contribution in [-0.4, -0.2) is 45.3 Å². The van der Waals surface area contributed by atoms with Crippen molar-refractivity contribution in [1.29, 1.82) is 0 Å². The van der Waals surface area contributed by atoms with Gasteiger partial charge in [-0.15, -0.1) is 0 Å². The van der Waals surface area contributed by atoms with Gasteiger partial charge >= 0.3 is 0 Å². The van der Waals surface area contributed by atoms with E-state index in [1.807, 2.05) is 18.2 Å². The predicted octanol–water partition coefficient (Wildman–Crippen LogP) is 1.38. The summed E-state index contributed by atoms with van der Waals surface area (Å²) in [6, 6.07) is 9.80. The Balaban J connectivity index is 2.25. The highest BCUT2D eigenvalue weighted by Crippen LogP contribution is 2.12. The fourth-order valence-electron chi connectivity index (χ4n) is 2.10. The molecule has 1 amide bonds. The van der Waals surface area contributed by atoms with Crippen LogP contribution in [0.15, 0.2) is 30.3 Å². The molecule has 0 radical (unpaired) electrons. The Kier molecular flexibility index (Phi) is 8.47. The smallest absolute Gasteiger partial charge is 0.237 e. The van der Waals surface area contributed by atoms with E-state index in [9.17, 15) is 4.79 Å². The fraction of sp³-hybridized carbons (Fsp3) is 0.562. The number of hydrogen-bond acceptors (Lipinski definition) is 4. The zero-order valence-corrected chi connectivity index (χ0v) is 13.0. The molecule has 0 heterocycles. The van der Waals surface area contributed by atoms with Crippen LogP contribution in [0.1, 0.15) is 19.8 Å². The van der Waals surface area contributed by atoms with Gasteiger partial charge in [0.05, 0.1) is 6.04 Å². The minimum absolute atomic E-state index is 0.102. The van der Waals surface area contributed by atoms with Crippen LogP contribution in [0.3, 0.4) is 0 Å². The van der Waals surface area contributed by atoms with Gasteiger partial charge in [-0.3, -0.25) is 4.79 Å². The maximum absolute atomic E-state index is 11.7. The van der Waals surface area contributed by atoms with Crippen LogP contribution < -0.4 is 16.0 Å². The van der Waals surface area contributed by atoms with E-state index in [1.54, 1.807) is 7.11 Å². The van der Waals surface area contributed by atoms with E-state index in [1.165, 1.54) is 5.69 Å². The summed E-state index contributed by atoms with van der Waals surface area (Å²) in [6.45, 7) is 5.14. The second-order valence-corrected chi connectivity index (χ2v) is 4.95. The lowest BCUT2D eigenvalue weighted by molar-refractivity contribution is -0.122. The van der Waals surface area contributed by atoms with Crippen molar-refractivity contribution in [3.63, 3.8) is 0 Å². The quantitative estimate of drug-likeness (QED) is 0.640. The minimum atomic E-state index is -0.485. The summed E-state index contributed by atoms with van der Waals surface area (Å²) in [7, 11) is 1.60. The van der Waals surface area contributed by atoms with E-state index in [2.05, 4.69) is 29.3 Å². The normalized spacial score (nSPS) is 12.0. The lowest BCUT2D eigenvalue weighted by Gasteiger charge is -2.23. The molecule has 5 nitrogen and oxygen atoms in total. The molecule has 3 N–H and O–H groups in total. The summed E-state index contributed by atoms with van der Waals surface area (Å²) in [5.74, 6) is -0.102. The van der Waals surface area contributed by atoms with Gasteiger partial charge in [-0.2, -0.15) is 0 Å². The maximum Gasteiger partial charge on any atom is 0.237 e. The molecule has 5 heteroatoms. The lowest BCUT2D eigenvalue weighted by atomic mass is 10.2. The van der Waals surface area contributed by atoms with E-state index in [-0.39, 0.29) is 5.91 Å². The Morgan fingerprint density at radius 3 is 2.71 bits per heavy atom. The molecule has 0 aliphatic heterocycles. The molecule has 0 aliphatic carbocycles. The van der Waals surface area contributed by atoms with Crippen LogP contribution in [0.4, 0.5) is 5.69 Å². The van der Waals surface area contributed by atoms with Gasteiger partial charge in [-0.1, -0.05) is 18.2 Å². The van der Waals surface area contributed by atoms with Gasteiger partial charge in [-0.05, 0) is 31.9 Å². The van der Waals surface area contributed by atoms with Crippen molar-refractivity contribution in [2.45, 2.75) is 25.8 Å². The molecule has 0 saturated carbocycles. The highest BCUT2D eigenvalue weighted by atomic mass is 16.5. The highest BCUT2D eigenvalue weighted by molar-refractivity contribution is 5.81. The Hall–Kier alpha value is -1.59. The molecule has 0 aliphatic rings. The first kappa shape index (κ1) is 17.5. The molecule has 1 rings (SSSR count). The third-order valence-electron chi connectivity index (χ3n) is 3.38. The van der Waals surface area contributed by atoms with Crippen molar-refractivity contribution < 1.29 is 9.53 Å². The Labute approximate surface area is 127 Å². The summed E-state index contributed by atoms with van der Waals surface area (Å²) in [4.78, 5) is 14.0. The molecule has 0 aromatic heterocycles. The number of hydrogen-bond donors (Lipinski definition) is 2. The predicted molar refractivity (Wildman–Crippen MR) is 86.4 cm³/mol. The molecular formula is C16H27N3O2. The van der Waals surface area contributed by atoms with Gasteiger partial charge in [0, 0.05) is 39.0 Å². The summed E-state index contributed by atoms with van der Waals surface area (Å²) in [5.41, 5.74) is 6.97. The molecule has 1 aromatic carbocycles. The number of carbonyl (C=O) groups is 1. The van der Waals surface area contributed by atoms with E-state index in [4.69, 9.17) is 10.5 Å². The van der Waals surface area contributed by atoms with E-state index < -0.39 is 6.04 Å². The third-order valence-corrected chi connectivity index (χ3v) is 3.38. The standard InChI is InChI=1S/C16H27N3O2/c1-3-19(14-8-5-4-6-9-14)12-7-11-18-16(20)15(17)10-13-21-2/h4-6,8-9,15H,3,7,10-13,17H2,1-2H3,(H,18,20). The molecule has 0 saturated heterocycles. The van der Waals surface area contributed by atoms with Gasteiger partial charge in [-0.25, -0.2) is 0 Å². The molecule has 0 spiro atoms. The number of carbonyl (C=O) groups excluding carboxylic acids is 1. The van der Waals surface area contributed by atoms with Crippen molar-refractivity contribution in [2.75, 3.05) is 38.3 Å². The van der Waals surface area contributed by atoms with Crippen LogP contribution in [0, 0.1) is 0 Å². The Morgan fingerprint density at radius 1 is 1.38 bits per heavy atom. The van der Waals surface area contributed by atoms with Crippen LogP contribution >= 0.6 is 0 Å². The van der Waals surface area contributed by atoms with Crippen molar-refractivity contribution in [3.8, 4) is 0 Å². The summed E-state index contributed by atoms with van der Waals surface area (Å²) in [5, 5.41) is 2.88. The van der Waals surface area contributed by atoms with Gasteiger partial charge in [0.25, 0.3) is 0 Å². The number of nitrogens with zero attached hydrogens (tertiary/aromatic N) is 1. The monoisotopic (exact) mass is 293 g/mol. The lowest BCUT2D eigenvalue weighted by Crippen LogP contribution is -2.42. The van der Waals surface area contributed by atoms with Crippen molar-refractivity contribution in [1.82, 2.24) is 5.32 Å². The summed E-state index contributed by atoms with van der Waals surface area (Å²) >= 11 is 0. The van der Waals surface area contributed by atoms with Gasteiger partial charge in [0.1, 0.15) is 0 Å². The van der Waals surface area contributed by atoms with Gasteiger partial charge in [0.15, 0.2) is 0 Å². The first-order chi connectivity index (χ1) is 10.2. The molecule has 1 aromatic rings. The Morgan fingerprint density at radius 2 is 2.10 bits per heavy atom. The average Bonchev–Trinajstić information content (AvgIpc) is 2.53. The molecule has 1 unspecified atom stereocenters. The number of benzene rings is 1. The molecule has 1 atom stereocenters. The van der Waals surface area contributed by atoms with Crippen molar-refractivity contribution in [3.05, 3.63) is 30.3 Å². The number of ether oxygens (including phenoxy) is 1. The molecule has 21 heavy (non-hydrogen) atoms. The number of para-hydroxylation sites is 1. The SMILES string of the molecule is CCN(CCCNC(=O)C(N)CCOC)c1ccccc1. The first-order valence-electron chi connectivity index (χ1n) is 7.51. The third kappa shape index (κ3) is 6.60. The minimum Gasteiger partial charge on any atom is -0.385 e. The van der Waals surface area contributed by atoms with E-state index in [0.717, 1.165) is 19.5 Å². The topological polar surface area (TPSA) is 67.6 Å². The number of rotatable bonds is 10. The zero-order valence-electron chi connectivity index (χ0n) is 13.0. The second-order valence-electron chi connectivity index (χ2n) is 4.95. The summed E-state index contributed by atoms with van der Waals surface area (Å²) in [6.07, 6.45) is 1.44. The molecule has 118 valence electrons. The van der Waals surface area contributed by atoms with Gasteiger partial charge in [0.2, 0.25) is 5.91 Å². The summed E-state index contributed by atoms with van der Waals surface area (Å²) < 4.78 is 4.92. The molecule has 0 bridgehead atoms. The fourth-order valence-corrected chi connectivity index (χ4v) is 2.10. The number of methoxy groups -OCH3 is 1. The second kappa shape index (κ2) is 10.2. The van der Waals surface area contributed by atoms with Crippen LogP contribution in [0.2, 0.25) is 0 Å². The van der Waals surface area contributed by atoms with Crippen LogP contribution in [0.5, 0.6) is 0 Å². The van der Waals surface area contributed by atoms with Crippen LogP contribution in [0.25, 0.3) is 0 Å². The Bertz CT molecular complexity index is 398. The highest BCUT2D eigenvalue weighted by Gasteiger charge is 2.12. The van der Waals surface area contributed by atoms with Gasteiger partial charge < -0.3 is 20.7 Å². The average molecular weight is 293 g/mol. The van der Waals surface area contributed by atoms with Crippen molar-refractivity contribution >= 4 is 11.6 Å². The first-order valence-corrected chi connectivity index (χ1v) is 7.51. The van der Waals surface area contributed by atoms with E-state index >= 15 is 0 Å².